The molecule has 1 aliphatic carbocycles. The number of nitrogens with zero attached hydrogens (tertiary/aromatic N) is 4. The van der Waals surface area contributed by atoms with Gasteiger partial charge in [0.2, 0.25) is 0 Å². The van der Waals surface area contributed by atoms with Crippen molar-refractivity contribution in [1.29, 1.82) is 0 Å². The molecule has 3 heterocycles. The molecule has 3 aromatic rings. The minimum absolute atomic E-state index is 0.163. The molecule has 1 atom stereocenters. The van der Waals surface area contributed by atoms with Crippen molar-refractivity contribution in [3.63, 3.8) is 0 Å². The van der Waals surface area contributed by atoms with E-state index in [1.54, 1.807) is 36.0 Å². The molecule has 1 aromatic carbocycles. The zero-order valence-electron chi connectivity index (χ0n) is 16.0. The Morgan fingerprint density at radius 1 is 1.31 bits per heavy atom. The predicted molar refractivity (Wildman–Crippen MR) is 106 cm³/mol. The molecule has 3 N–H and O–H groups in total. The van der Waals surface area contributed by atoms with E-state index in [1.165, 1.54) is 4.90 Å². The van der Waals surface area contributed by atoms with E-state index in [0.717, 1.165) is 18.4 Å². The summed E-state index contributed by atoms with van der Waals surface area (Å²) < 4.78 is 1.54. The predicted octanol–water partition coefficient (Wildman–Crippen LogP) is 1.45. The molecular formula is C21H21N5O3. The van der Waals surface area contributed by atoms with E-state index in [2.05, 4.69) is 10.1 Å². The lowest BCUT2D eigenvalue weighted by Gasteiger charge is -2.21. The number of benzene rings is 1. The summed E-state index contributed by atoms with van der Waals surface area (Å²) in [7, 11) is 1.67. The van der Waals surface area contributed by atoms with Gasteiger partial charge in [-0.2, -0.15) is 5.10 Å². The van der Waals surface area contributed by atoms with Crippen LogP contribution in [0.5, 0.6) is 0 Å². The highest BCUT2D eigenvalue weighted by Gasteiger charge is 2.45. The summed E-state index contributed by atoms with van der Waals surface area (Å²) in [6, 6.07) is 8.93. The Morgan fingerprint density at radius 3 is 2.76 bits per heavy atom. The van der Waals surface area contributed by atoms with Gasteiger partial charge in [-0.1, -0.05) is 12.1 Å². The van der Waals surface area contributed by atoms with Gasteiger partial charge in [0.25, 0.3) is 11.8 Å². The normalized spacial score (nSPS) is 21.9. The molecule has 1 saturated carbocycles. The second kappa shape index (κ2) is 6.12. The molecule has 0 radical (unpaired) electrons. The number of primary amides is 1. The molecule has 2 aliphatic rings. The van der Waals surface area contributed by atoms with Gasteiger partial charge in [0, 0.05) is 26.2 Å². The van der Waals surface area contributed by atoms with Gasteiger partial charge < -0.3 is 15.7 Å². The highest BCUT2D eigenvalue weighted by atomic mass is 16.3. The van der Waals surface area contributed by atoms with Crippen molar-refractivity contribution in [1.82, 2.24) is 19.7 Å². The largest absolute Gasteiger partial charge is 0.375 e. The highest BCUT2D eigenvalue weighted by molar-refractivity contribution is 6.03. The number of aliphatic hydroxyl groups is 1. The third-order valence-electron chi connectivity index (χ3n) is 5.90. The SMILES string of the molecule is CN1CC[C@@](O)(c2cccc(-n3nc(C(N)=O)c4cc(C5CC5)cnc43)c2)C1=O. The molecule has 8 heteroatoms. The fraction of sp³-hybridized carbons (Fsp3) is 0.333. The summed E-state index contributed by atoms with van der Waals surface area (Å²) in [5.74, 6) is -0.463. The van der Waals surface area contributed by atoms with Crippen LogP contribution in [0.4, 0.5) is 0 Å². The summed E-state index contributed by atoms with van der Waals surface area (Å²) in [6.07, 6.45) is 4.38. The van der Waals surface area contributed by atoms with Gasteiger partial charge in [-0.25, -0.2) is 9.67 Å². The van der Waals surface area contributed by atoms with Gasteiger partial charge in [-0.3, -0.25) is 9.59 Å². The molecule has 0 unspecified atom stereocenters. The van der Waals surface area contributed by atoms with Gasteiger partial charge in [-0.05, 0) is 48.1 Å². The first-order chi connectivity index (χ1) is 13.9. The van der Waals surface area contributed by atoms with Crippen LogP contribution in [0.2, 0.25) is 0 Å². The Morgan fingerprint density at radius 2 is 2.10 bits per heavy atom. The molecule has 0 bridgehead atoms. The molecule has 29 heavy (non-hydrogen) atoms. The van der Waals surface area contributed by atoms with Crippen LogP contribution in [-0.2, 0) is 10.4 Å². The summed E-state index contributed by atoms with van der Waals surface area (Å²) in [5.41, 5.74) is 6.85. The molecule has 5 rings (SSSR count). The zero-order valence-corrected chi connectivity index (χ0v) is 16.0. The minimum atomic E-state index is -1.56. The number of pyridine rings is 1. The van der Waals surface area contributed by atoms with E-state index in [9.17, 15) is 14.7 Å². The van der Waals surface area contributed by atoms with Crippen LogP contribution >= 0.6 is 0 Å². The molecule has 2 aromatic heterocycles. The lowest BCUT2D eigenvalue weighted by atomic mass is 9.92. The van der Waals surface area contributed by atoms with Crippen LogP contribution in [0, 0.1) is 0 Å². The fourth-order valence-corrected chi connectivity index (χ4v) is 4.04. The van der Waals surface area contributed by atoms with Gasteiger partial charge >= 0.3 is 0 Å². The minimum Gasteiger partial charge on any atom is -0.375 e. The average molecular weight is 391 g/mol. The van der Waals surface area contributed by atoms with Crippen molar-refractivity contribution in [3.8, 4) is 5.69 Å². The first-order valence-electron chi connectivity index (χ1n) is 9.66. The second-order valence-corrected chi connectivity index (χ2v) is 7.93. The lowest BCUT2D eigenvalue weighted by molar-refractivity contribution is -0.143. The number of nitrogens with two attached hydrogens (primary N) is 1. The van der Waals surface area contributed by atoms with E-state index < -0.39 is 11.5 Å². The third kappa shape index (κ3) is 2.71. The number of fused-ring (bicyclic) bond motifs is 1. The van der Waals surface area contributed by atoms with Crippen LogP contribution in [0.1, 0.15) is 46.8 Å². The van der Waals surface area contributed by atoms with Crippen molar-refractivity contribution in [2.45, 2.75) is 30.8 Å². The fourth-order valence-electron chi connectivity index (χ4n) is 4.04. The standard InChI is InChI=1S/C21H21N5O3/c1-25-8-7-21(29,20(25)28)14-3-2-4-15(10-14)26-19-16(17(24-26)18(22)27)9-13(11-23-19)12-5-6-12/h2-4,9-12,29H,5-8H2,1H3,(H2,22,27)/t21-/m1/s1. The van der Waals surface area contributed by atoms with Crippen LogP contribution in [0.25, 0.3) is 16.7 Å². The van der Waals surface area contributed by atoms with Crippen LogP contribution < -0.4 is 5.73 Å². The van der Waals surface area contributed by atoms with Crippen molar-refractivity contribution in [2.75, 3.05) is 13.6 Å². The van der Waals surface area contributed by atoms with Gasteiger partial charge in [-0.15, -0.1) is 0 Å². The van der Waals surface area contributed by atoms with Crippen molar-refractivity contribution in [2.24, 2.45) is 5.73 Å². The topological polar surface area (TPSA) is 114 Å². The Bertz CT molecular complexity index is 1170. The monoisotopic (exact) mass is 391 g/mol. The number of rotatable bonds is 4. The average Bonchev–Trinajstić information content (AvgIpc) is 3.45. The van der Waals surface area contributed by atoms with Crippen molar-refractivity contribution in [3.05, 3.63) is 53.3 Å². The smallest absolute Gasteiger partial charge is 0.269 e. The van der Waals surface area contributed by atoms with E-state index in [-0.39, 0.29) is 11.6 Å². The van der Waals surface area contributed by atoms with Gasteiger partial charge in [0.05, 0.1) is 11.1 Å². The Hall–Kier alpha value is -3.26. The molecule has 8 nitrogen and oxygen atoms in total. The van der Waals surface area contributed by atoms with E-state index in [1.807, 2.05) is 12.3 Å². The van der Waals surface area contributed by atoms with E-state index in [4.69, 9.17) is 5.73 Å². The summed E-state index contributed by atoms with van der Waals surface area (Å²) >= 11 is 0. The first kappa shape index (κ1) is 17.8. The quantitative estimate of drug-likeness (QED) is 0.699. The van der Waals surface area contributed by atoms with Crippen LogP contribution in [-0.4, -0.2) is 50.2 Å². The number of carbonyl (C=O) groups excluding carboxylic acids is 2. The molecule has 2 amide bonds. The van der Waals surface area contributed by atoms with Crippen molar-refractivity contribution >= 4 is 22.8 Å². The van der Waals surface area contributed by atoms with Crippen LogP contribution in [0.3, 0.4) is 0 Å². The Balaban J connectivity index is 1.65. The molecule has 2 fully saturated rings. The molecule has 1 saturated heterocycles. The Labute approximate surface area is 166 Å². The zero-order chi connectivity index (χ0) is 20.3. The van der Waals surface area contributed by atoms with Crippen molar-refractivity contribution < 1.29 is 14.7 Å². The van der Waals surface area contributed by atoms with Gasteiger partial charge in [0.15, 0.2) is 16.9 Å². The summed E-state index contributed by atoms with van der Waals surface area (Å²) in [5, 5.41) is 16.0. The number of likely N-dealkylation sites (tertiary alicyclic amines) is 1. The van der Waals surface area contributed by atoms with E-state index >= 15 is 0 Å². The molecule has 0 spiro atoms. The maximum absolute atomic E-state index is 12.5. The lowest BCUT2D eigenvalue weighted by Crippen LogP contribution is -2.36. The number of carbonyl (C=O) groups is 2. The number of amides is 2. The van der Waals surface area contributed by atoms with Gasteiger partial charge in [0.1, 0.15) is 0 Å². The highest BCUT2D eigenvalue weighted by Crippen LogP contribution is 2.41. The molecule has 1 aliphatic heterocycles. The number of hydrogen-bond acceptors (Lipinski definition) is 5. The third-order valence-corrected chi connectivity index (χ3v) is 5.90. The summed E-state index contributed by atoms with van der Waals surface area (Å²) in [6.45, 7) is 0.488. The second-order valence-electron chi connectivity index (χ2n) is 7.93. The summed E-state index contributed by atoms with van der Waals surface area (Å²) in [4.78, 5) is 30.5. The van der Waals surface area contributed by atoms with E-state index in [0.29, 0.717) is 41.2 Å². The molecule has 148 valence electrons. The Kier molecular flexibility index (Phi) is 3.76. The maximum Gasteiger partial charge on any atom is 0.269 e. The molecular weight excluding hydrogens is 370 g/mol. The number of likely N-dealkylation sites (N-methyl/N-ethyl adjacent to an activating group) is 1. The number of hydrogen-bond donors (Lipinski definition) is 2. The van der Waals surface area contributed by atoms with Crippen LogP contribution in [0.15, 0.2) is 36.5 Å². The first-order valence-corrected chi connectivity index (χ1v) is 9.66. The number of aromatic nitrogens is 3. The maximum atomic E-state index is 12.5.